The Labute approximate surface area is 151 Å². The van der Waals surface area contributed by atoms with Crippen LogP contribution < -0.4 is 14.8 Å². The van der Waals surface area contributed by atoms with E-state index in [1.807, 2.05) is 31.2 Å². The number of amides is 1. The Hall–Kier alpha value is -2.95. The van der Waals surface area contributed by atoms with E-state index in [0.29, 0.717) is 17.1 Å². The molecule has 1 aliphatic heterocycles. The molecule has 5 heteroatoms. The van der Waals surface area contributed by atoms with E-state index in [1.54, 1.807) is 13.2 Å². The number of ether oxygens (including phenoxy) is 2. The molecule has 134 valence electrons. The number of hydrogen-bond donors (Lipinski definition) is 1. The van der Waals surface area contributed by atoms with E-state index >= 15 is 0 Å². The molecule has 0 fully saturated rings. The number of carbonyl (C=O) groups excluding carboxylic acids is 1. The second-order valence-corrected chi connectivity index (χ2v) is 6.61. The molecule has 4 rings (SSSR count). The summed E-state index contributed by atoms with van der Waals surface area (Å²) in [7, 11) is 1.58. The second kappa shape index (κ2) is 6.75. The van der Waals surface area contributed by atoms with Gasteiger partial charge in [0.2, 0.25) is 0 Å². The zero-order valence-corrected chi connectivity index (χ0v) is 14.9. The van der Waals surface area contributed by atoms with Crippen molar-refractivity contribution >= 4 is 16.9 Å². The molecule has 0 bridgehead atoms. The maximum absolute atomic E-state index is 12.5. The lowest BCUT2D eigenvalue weighted by Crippen LogP contribution is -2.33. The van der Waals surface area contributed by atoms with Crippen molar-refractivity contribution in [3.63, 3.8) is 0 Å². The highest BCUT2D eigenvalue weighted by molar-refractivity contribution is 5.97. The minimum absolute atomic E-state index is 0.0158. The highest BCUT2D eigenvalue weighted by atomic mass is 16.5. The Morgan fingerprint density at radius 1 is 1.27 bits per heavy atom. The number of para-hydroxylation sites is 1. The second-order valence-electron chi connectivity index (χ2n) is 6.61. The SMILES string of the molecule is COc1cccc2cc(C(=O)N[C@@H](C)Cc3ccc4c(c3)CCO4)oc12. The lowest BCUT2D eigenvalue weighted by Gasteiger charge is -2.13. The highest BCUT2D eigenvalue weighted by Gasteiger charge is 2.18. The van der Waals surface area contributed by atoms with Crippen molar-refractivity contribution < 1.29 is 18.7 Å². The number of rotatable bonds is 5. The molecule has 0 radical (unpaired) electrons. The lowest BCUT2D eigenvalue weighted by atomic mass is 10.0. The molecule has 0 spiro atoms. The maximum atomic E-state index is 12.5. The molecule has 26 heavy (non-hydrogen) atoms. The quantitative estimate of drug-likeness (QED) is 0.761. The molecule has 5 nitrogen and oxygen atoms in total. The summed E-state index contributed by atoms with van der Waals surface area (Å²) in [6.07, 6.45) is 1.70. The predicted octanol–water partition coefficient (Wildman–Crippen LogP) is 3.74. The van der Waals surface area contributed by atoms with Crippen LogP contribution in [0.15, 0.2) is 46.9 Å². The van der Waals surface area contributed by atoms with Gasteiger partial charge in [-0.25, -0.2) is 0 Å². The average molecular weight is 351 g/mol. The fourth-order valence-corrected chi connectivity index (χ4v) is 3.38. The van der Waals surface area contributed by atoms with Crippen molar-refractivity contribution in [1.29, 1.82) is 0 Å². The smallest absolute Gasteiger partial charge is 0.287 e. The summed E-state index contributed by atoms with van der Waals surface area (Å²) in [5.74, 6) is 1.66. The molecule has 0 saturated heterocycles. The molecule has 1 aromatic heterocycles. The summed E-state index contributed by atoms with van der Waals surface area (Å²) in [5.41, 5.74) is 3.02. The van der Waals surface area contributed by atoms with Crippen LogP contribution in [0.5, 0.6) is 11.5 Å². The van der Waals surface area contributed by atoms with Gasteiger partial charge in [-0.15, -0.1) is 0 Å². The van der Waals surface area contributed by atoms with Crippen LogP contribution in [0.4, 0.5) is 0 Å². The van der Waals surface area contributed by atoms with Crippen LogP contribution in [-0.2, 0) is 12.8 Å². The molecule has 3 aromatic rings. The van der Waals surface area contributed by atoms with Gasteiger partial charge in [0.05, 0.1) is 13.7 Å². The van der Waals surface area contributed by atoms with Gasteiger partial charge >= 0.3 is 0 Å². The van der Waals surface area contributed by atoms with Crippen molar-refractivity contribution in [2.45, 2.75) is 25.8 Å². The average Bonchev–Trinajstić information content (AvgIpc) is 3.27. The van der Waals surface area contributed by atoms with Gasteiger partial charge in [-0.2, -0.15) is 0 Å². The van der Waals surface area contributed by atoms with Crippen molar-refractivity contribution in [2.24, 2.45) is 0 Å². The molecule has 1 aliphatic rings. The first-order valence-corrected chi connectivity index (χ1v) is 8.76. The standard InChI is InChI=1S/C21H21NO4/c1-13(10-14-6-7-17-15(11-14)8-9-25-17)22-21(23)19-12-16-4-3-5-18(24-2)20(16)26-19/h3-7,11-13H,8-10H2,1-2H3,(H,22,23)/t13-/m0/s1. The van der Waals surface area contributed by atoms with Gasteiger partial charge in [-0.05, 0) is 42.7 Å². The molecule has 0 unspecified atom stereocenters. The van der Waals surface area contributed by atoms with Gasteiger partial charge in [0.15, 0.2) is 17.1 Å². The van der Waals surface area contributed by atoms with E-state index in [-0.39, 0.29) is 11.9 Å². The Bertz CT molecular complexity index is 960. The summed E-state index contributed by atoms with van der Waals surface area (Å²) in [6, 6.07) is 13.5. The minimum atomic E-state index is -0.222. The fourth-order valence-electron chi connectivity index (χ4n) is 3.38. The normalized spacial score (nSPS) is 13.9. The number of fused-ring (bicyclic) bond motifs is 2. The molecule has 0 aliphatic carbocycles. The van der Waals surface area contributed by atoms with E-state index in [0.717, 1.165) is 30.6 Å². The number of methoxy groups -OCH3 is 1. The Morgan fingerprint density at radius 3 is 3.00 bits per heavy atom. The molecule has 2 aromatic carbocycles. The summed E-state index contributed by atoms with van der Waals surface area (Å²) in [6.45, 7) is 2.74. The third-order valence-corrected chi connectivity index (χ3v) is 4.62. The van der Waals surface area contributed by atoms with E-state index < -0.39 is 0 Å². The zero-order chi connectivity index (χ0) is 18.1. The van der Waals surface area contributed by atoms with Crippen LogP contribution in [0, 0.1) is 0 Å². The van der Waals surface area contributed by atoms with E-state index in [1.165, 1.54) is 11.1 Å². The van der Waals surface area contributed by atoms with Crippen molar-refractivity contribution in [2.75, 3.05) is 13.7 Å². The first-order chi connectivity index (χ1) is 12.6. The number of benzene rings is 2. The Kier molecular flexibility index (Phi) is 4.29. The Morgan fingerprint density at radius 2 is 2.15 bits per heavy atom. The van der Waals surface area contributed by atoms with Gasteiger partial charge in [-0.1, -0.05) is 24.3 Å². The molecule has 2 heterocycles. The minimum Gasteiger partial charge on any atom is -0.493 e. The summed E-state index contributed by atoms with van der Waals surface area (Å²) < 4.78 is 16.5. The third-order valence-electron chi connectivity index (χ3n) is 4.62. The molecule has 1 amide bonds. The first kappa shape index (κ1) is 16.5. The largest absolute Gasteiger partial charge is 0.493 e. The molecular formula is C21H21NO4. The van der Waals surface area contributed by atoms with Crippen molar-refractivity contribution in [3.8, 4) is 11.5 Å². The number of carbonyl (C=O) groups is 1. The van der Waals surface area contributed by atoms with Crippen LogP contribution in [-0.4, -0.2) is 25.7 Å². The number of nitrogens with one attached hydrogen (secondary N) is 1. The van der Waals surface area contributed by atoms with Crippen molar-refractivity contribution in [3.05, 3.63) is 59.4 Å². The summed E-state index contributed by atoms with van der Waals surface area (Å²) in [5, 5.41) is 3.85. The van der Waals surface area contributed by atoms with Gasteiger partial charge in [0.25, 0.3) is 5.91 Å². The van der Waals surface area contributed by atoms with E-state index in [4.69, 9.17) is 13.9 Å². The van der Waals surface area contributed by atoms with Crippen LogP contribution >= 0.6 is 0 Å². The maximum Gasteiger partial charge on any atom is 0.287 e. The summed E-state index contributed by atoms with van der Waals surface area (Å²) in [4.78, 5) is 12.5. The van der Waals surface area contributed by atoms with Crippen LogP contribution in [0.1, 0.15) is 28.6 Å². The zero-order valence-electron chi connectivity index (χ0n) is 14.9. The molecule has 1 N–H and O–H groups in total. The summed E-state index contributed by atoms with van der Waals surface area (Å²) >= 11 is 0. The van der Waals surface area contributed by atoms with Crippen LogP contribution in [0.3, 0.4) is 0 Å². The van der Waals surface area contributed by atoms with Crippen molar-refractivity contribution in [1.82, 2.24) is 5.32 Å². The molecular weight excluding hydrogens is 330 g/mol. The van der Waals surface area contributed by atoms with Gasteiger partial charge in [0.1, 0.15) is 5.75 Å². The topological polar surface area (TPSA) is 60.7 Å². The molecule has 1 atom stereocenters. The third kappa shape index (κ3) is 3.12. The number of hydrogen-bond acceptors (Lipinski definition) is 4. The number of furan rings is 1. The van der Waals surface area contributed by atoms with Gasteiger partial charge in [0, 0.05) is 17.8 Å². The lowest BCUT2D eigenvalue weighted by molar-refractivity contribution is 0.0914. The van der Waals surface area contributed by atoms with Gasteiger partial charge in [-0.3, -0.25) is 4.79 Å². The monoisotopic (exact) mass is 351 g/mol. The van der Waals surface area contributed by atoms with Crippen LogP contribution in [0.2, 0.25) is 0 Å². The van der Waals surface area contributed by atoms with E-state index in [2.05, 4.69) is 17.4 Å². The van der Waals surface area contributed by atoms with Gasteiger partial charge < -0.3 is 19.2 Å². The fraction of sp³-hybridized carbons (Fsp3) is 0.286. The molecule has 0 saturated carbocycles. The highest BCUT2D eigenvalue weighted by Crippen LogP contribution is 2.29. The Balaban J connectivity index is 1.46. The van der Waals surface area contributed by atoms with E-state index in [9.17, 15) is 4.79 Å². The first-order valence-electron chi connectivity index (χ1n) is 8.76. The predicted molar refractivity (Wildman–Crippen MR) is 99.0 cm³/mol. The van der Waals surface area contributed by atoms with Crippen LogP contribution in [0.25, 0.3) is 11.0 Å².